The van der Waals surface area contributed by atoms with Crippen LogP contribution >= 0.6 is 0 Å². The van der Waals surface area contributed by atoms with Gasteiger partial charge in [-0.25, -0.2) is 4.79 Å². The van der Waals surface area contributed by atoms with Crippen LogP contribution in [0, 0.1) is 11.3 Å². The first-order chi connectivity index (χ1) is 12.1. The van der Waals surface area contributed by atoms with Gasteiger partial charge in [0.1, 0.15) is 11.8 Å². The minimum atomic E-state index is -0.652. The van der Waals surface area contributed by atoms with E-state index in [1.54, 1.807) is 13.0 Å². The summed E-state index contributed by atoms with van der Waals surface area (Å²) < 4.78 is 10.9. The van der Waals surface area contributed by atoms with E-state index in [0.717, 1.165) is 37.1 Å². The molecule has 0 saturated heterocycles. The molecule has 2 aliphatic heterocycles. The van der Waals surface area contributed by atoms with E-state index >= 15 is 0 Å². The normalized spacial score (nSPS) is 17.5. The molecular weight excluding hydrogens is 316 g/mol. The fraction of sp³-hybridized carbons (Fsp3) is 0.400. The Morgan fingerprint density at radius 2 is 2.20 bits per heavy atom. The van der Waals surface area contributed by atoms with Crippen molar-refractivity contribution in [2.45, 2.75) is 33.6 Å². The lowest BCUT2D eigenvalue weighted by Crippen LogP contribution is -2.29. The number of nitriles is 1. The highest BCUT2D eigenvalue weighted by molar-refractivity contribution is 5.95. The number of ether oxygens (including phenoxy) is 2. The van der Waals surface area contributed by atoms with Gasteiger partial charge in [-0.1, -0.05) is 0 Å². The first-order valence-electron chi connectivity index (χ1n) is 8.68. The van der Waals surface area contributed by atoms with Crippen molar-refractivity contribution in [1.82, 2.24) is 0 Å². The maximum absolute atomic E-state index is 12.0. The average Bonchev–Trinajstić information content (AvgIpc) is 2.61. The van der Waals surface area contributed by atoms with Crippen LogP contribution in [0.5, 0.6) is 5.75 Å². The molecule has 1 aromatic carbocycles. The second-order valence-corrected chi connectivity index (χ2v) is 6.16. The highest BCUT2D eigenvalue weighted by atomic mass is 16.5. The molecule has 5 heteroatoms. The van der Waals surface area contributed by atoms with Crippen LogP contribution in [-0.2, 0) is 16.0 Å². The van der Waals surface area contributed by atoms with E-state index in [-0.39, 0.29) is 17.9 Å². The van der Waals surface area contributed by atoms with E-state index < -0.39 is 5.97 Å². The van der Waals surface area contributed by atoms with E-state index in [0.29, 0.717) is 5.75 Å². The number of anilines is 1. The molecule has 5 nitrogen and oxygen atoms in total. The molecule has 0 fully saturated rings. The van der Waals surface area contributed by atoms with E-state index in [9.17, 15) is 10.1 Å². The third-order valence-corrected chi connectivity index (χ3v) is 4.61. The Kier molecular flexibility index (Phi) is 4.80. The van der Waals surface area contributed by atoms with Gasteiger partial charge < -0.3 is 14.4 Å². The molecule has 0 spiro atoms. The maximum atomic E-state index is 12.0. The number of rotatable bonds is 3. The Balaban J connectivity index is 2.07. The molecule has 3 rings (SSSR count). The lowest BCUT2D eigenvalue weighted by Gasteiger charge is -2.32. The molecule has 0 amide bonds. The van der Waals surface area contributed by atoms with Gasteiger partial charge in [-0.3, -0.25) is 0 Å². The minimum absolute atomic E-state index is 0.100. The van der Waals surface area contributed by atoms with Gasteiger partial charge in [0, 0.05) is 30.4 Å². The Hall–Kier alpha value is -2.74. The fourth-order valence-corrected chi connectivity index (χ4v) is 3.36. The molecule has 0 N–H and O–H groups in total. The molecule has 0 radical (unpaired) electrons. The Morgan fingerprint density at radius 3 is 2.88 bits per heavy atom. The van der Waals surface area contributed by atoms with Crippen LogP contribution in [0.1, 0.15) is 38.3 Å². The monoisotopic (exact) mass is 338 g/mol. The fourth-order valence-electron chi connectivity index (χ4n) is 3.36. The molecule has 2 aliphatic rings. The molecule has 0 aliphatic carbocycles. The second-order valence-electron chi connectivity index (χ2n) is 6.16. The van der Waals surface area contributed by atoms with Crippen LogP contribution in [0.25, 0.3) is 5.57 Å². The van der Waals surface area contributed by atoms with Crippen LogP contribution in [-0.4, -0.2) is 25.7 Å². The number of nitrogens with zero attached hydrogens (tertiary/aromatic N) is 2. The van der Waals surface area contributed by atoms with Gasteiger partial charge in [0.25, 0.3) is 0 Å². The summed E-state index contributed by atoms with van der Waals surface area (Å²) in [5.74, 6) is 0.288. The van der Waals surface area contributed by atoms with Crippen molar-refractivity contribution in [3.63, 3.8) is 0 Å². The summed E-state index contributed by atoms with van der Waals surface area (Å²) in [5, 5.41) is 9.36. The lowest BCUT2D eigenvalue weighted by atomic mass is 9.94. The van der Waals surface area contributed by atoms with Gasteiger partial charge in [0.2, 0.25) is 0 Å². The summed E-state index contributed by atoms with van der Waals surface area (Å²) in [7, 11) is 0. The Bertz CT molecular complexity index is 815. The second kappa shape index (κ2) is 7.02. The quantitative estimate of drug-likeness (QED) is 0.479. The zero-order valence-electron chi connectivity index (χ0n) is 14.9. The minimum Gasteiger partial charge on any atom is -0.462 e. The van der Waals surface area contributed by atoms with E-state index in [1.807, 2.05) is 19.1 Å². The molecule has 0 bridgehead atoms. The van der Waals surface area contributed by atoms with Gasteiger partial charge >= 0.3 is 5.97 Å². The first kappa shape index (κ1) is 17.1. The van der Waals surface area contributed by atoms with Gasteiger partial charge in [-0.2, -0.15) is 5.26 Å². The molecule has 0 unspecified atom stereocenters. The molecule has 25 heavy (non-hydrogen) atoms. The van der Waals surface area contributed by atoms with E-state index in [2.05, 4.69) is 17.9 Å². The summed E-state index contributed by atoms with van der Waals surface area (Å²) in [6.45, 7) is 8.01. The Morgan fingerprint density at radius 1 is 1.40 bits per heavy atom. The number of esters is 1. The lowest BCUT2D eigenvalue weighted by molar-refractivity contribution is -0.138. The number of aryl methyl sites for hydroxylation is 1. The molecule has 0 aromatic heterocycles. The third kappa shape index (κ3) is 3.12. The summed E-state index contributed by atoms with van der Waals surface area (Å²) >= 11 is 0. The third-order valence-electron chi connectivity index (χ3n) is 4.61. The average molecular weight is 338 g/mol. The molecule has 130 valence electrons. The standard InChI is InChI=1S/C20H22N2O3/c1-4-22-8-6-7-14-10-15-13(3)9-18(25-19(15)11-17(14)22)16(12-21)20(23)24-5-2/h9-11H,4-8H2,1-3H3. The van der Waals surface area contributed by atoms with E-state index in [4.69, 9.17) is 9.47 Å². The molecular formula is C20H22N2O3. The summed E-state index contributed by atoms with van der Waals surface area (Å²) in [5.41, 5.74) is 4.39. The van der Waals surface area contributed by atoms with Gasteiger partial charge in [-0.15, -0.1) is 0 Å². The van der Waals surface area contributed by atoms with Crippen molar-refractivity contribution in [3.8, 4) is 11.8 Å². The van der Waals surface area contributed by atoms with Crippen LogP contribution in [0.3, 0.4) is 0 Å². The predicted octanol–water partition coefficient (Wildman–Crippen LogP) is 3.60. The molecule has 0 atom stereocenters. The van der Waals surface area contributed by atoms with Crippen molar-refractivity contribution in [2.75, 3.05) is 24.6 Å². The topological polar surface area (TPSA) is 62.6 Å². The zero-order valence-corrected chi connectivity index (χ0v) is 14.9. The summed E-state index contributed by atoms with van der Waals surface area (Å²) in [4.78, 5) is 14.3. The number of fused-ring (bicyclic) bond motifs is 2. The van der Waals surface area contributed by atoms with Crippen molar-refractivity contribution in [2.24, 2.45) is 0 Å². The zero-order chi connectivity index (χ0) is 18.0. The van der Waals surface area contributed by atoms with Crippen molar-refractivity contribution in [3.05, 3.63) is 40.7 Å². The first-order valence-corrected chi connectivity index (χ1v) is 8.68. The van der Waals surface area contributed by atoms with Crippen molar-refractivity contribution < 1.29 is 14.3 Å². The number of carbonyl (C=O) groups is 1. The van der Waals surface area contributed by atoms with Crippen LogP contribution in [0.15, 0.2) is 29.5 Å². The van der Waals surface area contributed by atoms with Crippen LogP contribution in [0.2, 0.25) is 0 Å². The molecule has 0 saturated carbocycles. The highest BCUT2D eigenvalue weighted by Gasteiger charge is 2.25. The predicted molar refractivity (Wildman–Crippen MR) is 96.2 cm³/mol. The summed E-state index contributed by atoms with van der Waals surface area (Å²) in [6, 6.07) is 6.12. The van der Waals surface area contributed by atoms with Crippen molar-refractivity contribution >= 4 is 17.2 Å². The maximum Gasteiger partial charge on any atom is 0.352 e. The van der Waals surface area contributed by atoms with Gasteiger partial charge in [0.15, 0.2) is 11.3 Å². The number of hydrogen-bond acceptors (Lipinski definition) is 5. The Labute approximate surface area is 148 Å². The van der Waals surface area contributed by atoms with Crippen LogP contribution < -0.4 is 9.64 Å². The molecule has 1 aromatic rings. The number of carbonyl (C=O) groups excluding carboxylic acids is 1. The number of hydrogen-bond donors (Lipinski definition) is 0. The van der Waals surface area contributed by atoms with Gasteiger partial charge in [-0.05, 0) is 56.9 Å². The largest absolute Gasteiger partial charge is 0.462 e. The van der Waals surface area contributed by atoms with Crippen molar-refractivity contribution in [1.29, 1.82) is 5.26 Å². The summed E-state index contributed by atoms with van der Waals surface area (Å²) in [6.07, 6.45) is 3.95. The highest BCUT2D eigenvalue weighted by Crippen LogP contribution is 2.40. The smallest absolute Gasteiger partial charge is 0.352 e. The van der Waals surface area contributed by atoms with Gasteiger partial charge in [0.05, 0.1) is 6.61 Å². The van der Waals surface area contributed by atoms with Crippen LogP contribution in [0.4, 0.5) is 5.69 Å². The number of allylic oxidation sites excluding steroid dienone is 2. The number of benzene rings is 1. The SMILES string of the molecule is CCOC(=O)C(C#N)=C1C=C(C)c2cc3c(cc2O1)N(CC)CCC3. The van der Waals surface area contributed by atoms with E-state index in [1.165, 1.54) is 11.3 Å². The molecule has 2 heterocycles.